The van der Waals surface area contributed by atoms with Gasteiger partial charge >= 0.3 is 6.03 Å². The minimum atomic E-state index is -0.401. The number of aromatic nitrogens is 2. The number of nitrogens with zero attached hydrogens (tertiary/aromatic N) is 2. The first-order chi connectivity index (χ1) is 13.3. The van der Waals surface area contributed by atoms with Crippen molar-refractivity contribution in [2.45, 2.75) is 45.7 Å². The Hall–Kier alpha value is -2.90. The van der Waals surface area contributed by atoms with Crippen LogP contribution < -0.4 is 16.0 Å². The molecule has 1 saturated heterocycles. The fraction of sp³-hybridized carbons (Fsp3) is 0.450. The number of carbonyl (C=O) groups excluding carboxylic acids is 2. The highest BCUT2D eigenvalue weighted by atomic mass is 19.1. The Morgan fingerprint density at radius 1 is 1.46 bits per heavy atom. The van der Waals surface area contributed by atoms with Gasteiger partial charge < -0.3 is 16.0 Å². The summed E-state index contributed by atoms with van der Waals surface area (Å²) < 4.78 is 16.0. The third-order valence-corrected chi connectivity index (χ3v) is 5.14. The van der Waals surface area contributed by atoms with Crippen molar-refractivity contribution in [1.29, 1.82) is 0 Å². The van der Waals surface area contributed by atoms with Crippen LogP contribution in [0.25, 0.3) is 5.69 Å². The van der Waals surface area contributed by atoms with Gasteiger partial charge in [-0.15, -0.1) is 0 Å². The van der Waals surface area contributed by atoms with E-state index in [-0.39, 0.29) is 29.9 Å². The first-order valence-corrected chi connectivity index (χ1v) is 9.48. The van der Waals surface area contributed by atoms with Gasteiger partial charge in [0, 0.05) is 25.2 Å². The number of amides is 3. The Morgan fingerprint density at radius 3 is 2.89 bits per heavy atom. The third-order valence-electron chi connectivity index (χ3n) is 5.14. The van der Waals surface area contributed by atoms with Crippen LogP contribution in [-0.2, 0) is 4.79 Å². The molecule has 0 spiro atoms. The second-order valence-electron chi connectivity index (χ2n) is 7.40. The molecular weight excluding hydrogens is 361 g/mol. The van der Waals surface area contributed by atoms with Crippen LogP contribution in [0.1, 0.15) is 43.9 Å². The van der Waals surface area contributed by atoms with E-state index < -0.39 is 5.82 Å². The summed E-state index contributed by atoms with van der Waals surface area (Å²) >= 11 is 0. The van der Waals surface area contributed by atoms with E-state index >= 15 is 0 Å². The minimum Gasteiger partial charge on any atom is -0.353 e. The van der Waals surface area contributed by atoms with Crippen molar-refractivity contribution in [3.63, 3.8) is 0 Å². The molecular formula is C20H26FN5O2. The largest absolute Gasteiger partial charge is 0.353 e. The predicted molar refractivity (Wildman–Crippen MR) is 104 cm³/mol. The Morgan fingerprint density at radius 2 is 2.25 bits per heavy atom. The van der Waals surface area contributed by atoms with E-state index in [2.05, 4.69) is 21.0 Å². The number of hydrogen-bond donors (Lipinski definition) is 3. The molecule has 8 heteroatoms. The number of hydrogen-bond acceptors (Lipinski definition) is 3. The average molecular weight is 387 g/mol. The van der Waals surface area contributed by atoms with Gasteiger partial charge in [0.15, 0.2) is 0 Å². The Balaban J connectivity index is 1.55. The molecule has 3 amide bonds. The van der Waals surface area contributed by atoms with Gasteiger partial charge in [-0.25, -0.2) is 13.9 Å². The van der Waals surface area contributed by atoms with Gasteiger partial charge in [0.25, 0.3) is 0 Å². The van der Waals surface area contributed by atoms with Crippen molar-refractivity contribution in [2.24, 2.45) is 5.92 Å². The molecule has 1 aromatic carbocycles. The first kappa shape index (κ1) is 19.9. The molecule has 2 aromatic rings. The van der Waals surface area contributed by atoms with Crippen LogP contribution in [0.3, 0.4) is 0 Å². The molecule has 7 nitrogen and oxygen atoms in total. The zero-order chi connectivity index (χ0) is 20.3. The highest BCUT2D eigenvalue weighted by Crippen LogP contribution is 2.20. The number of carbonyl (C=O) groups is 2. The molecule has 1 aromatic heterocycles. The molecule has 2 heterocycles. The van der Waals surface area contributed by atoms with Gasteiger partial charge in [-0.05, 0) is 56.4 Å². The van der Waals surface area contributed by atoms with Crippen molar-refractivity contribution in [3.05, 3.63) is 47.5 Å². The van der Waals surface area contributed by atoms with E-state index in [0.717, 1.165) is 12.0 Å². The van der Waals surface area contributed by atoms with E-state index in [1.807, 2.05) is 13.8 Å². The van der Waals surface area contributed by atoms with Gasteiger partial charge in [0.05, 0.1) is 12.2 Å². The fourth-order valence-corrected chi connectivity index (χ4v) is 3.37. The van der Waals surface area contributed by atoms with Crippen LogP contribution >= 0.6 is 0 Å². The molecule has 150 valence electrons. The summed E-state index contributed by atoms with van der Waals surface area (Å²) in [6, 6.07) is 4.20. The summed E-state index contributed by atoms with van der Waals surface area (Å²) in [5.41, 5.74) is 1.97. The number of urea groups is 1. The molecule has 0 bridgehead atoms. The summed E-state index contributed by atoms with van der Waals surface area (Å²) in [7, 11) is 0. The molecule has 3 N–H and O–H groups in total. The summed E-state index contributed by atoms with van der Waals surface area (Å²) in [5, 5.41) is 12.7. The van der Waals surface area contributed by atoms with Crippen molar-refractivity contribution in [3.8, 4) is 5.69 Å². The molecule has 3 atom stereocenters. The van der Waals surface area contributed by atoms with Gasteiger partial charge in [-0.1, -0.05) is 6.07 Å². The number of aryl methyl sites for hydroxylation is 1. The van der Waals surface area contributed by atoms with Crippen molar-refractivity contribution in [2.75, 3.05) is 6.54 Å². The van der Waals surface area contributed by atoms with Crippen LogP contribution in [0.4, 0.5) is 9.18 Å². The summed E-state index contributed by atoms with van der Waals surface area (Å²) in [4.78, 5) is 23.6. The topological polar surface area (TPSA) is 88.1 Å². The maximum absolute atomic E-state index is 14.5. The van der Waals surface area contributed by atoms with E-state index in [9.17, 15) is 14.0 Å². The van der Waals surface area contributed by atoms with E-state index in [4.69, 9.17) is 0 Å². The van der Waals surface area contributed by atoms with Crippen LogP contribution in [0, 0.1) is 18.7 Å². The van der Waals surface area contributed by atoms with Crippen molar-refractivity contribution < 1.29 is 14.0 Å². The van der Waals surface area contributed by atoms with Gasteiger partial charge in [0.1, 0.15) is 11.5 Å². The molecule has 1 fully saturated rings. The van der Waals surface area contributed by atoms with E-state index in [1.54, 1.807) is 31.5 Å². The lowest BCUT2D eigenvalue weighted by molar-refractivity contribution is -0.124. The van der Waals surface area contributed by atoms with Gasteiger partial charge in [-0.3, -0.25) is 4.79 Å². The molecule has 3 rings (SSSR count). The second kappa shape index (κ2) is 8.41. The maximum Gasteiger partial charge on any atom is 0.315 e. The van der Waals surface area contributed by atoms with Gasteiger partial charge in [0.2, 0.25) is 5.91 Å². The van der Waals surface area contributed by atoms with Crippen LogP contribution in [0.15, 0.2) is 30.6 Å². The summed E-state index contributed by atoms with van der Waals surface area (Å²) in [6.07, 6.45) is 4.65. The normalized spacial score (nSPS) is 20.4. The van der Waals surface area contributed by atoms with E-state index in [1.165, 1.54) is 10.7 Å². The molecule has 0 radical (unpaired) electrons. The van der Waals surface area contributed by atoms with Crippen LogP contribution in [0.2, 0.25) is 0 Å². The highest BCUT2D eigenvalue weighted by molar-refractivity contribution is 5.77. The van der Waals surface area contributed by atoms with Crippen molar-refractivity contribution >= 4 is 11.9 Å². The minimum absolute atomic E-state index is 0.0338. The lowest BCUT2D eigenvalue weighted by Gasteiger charge is -2.29. The molecule has 0 saturated carbocycles. The van der Waals surface area contributed by atoms with E-state index in [0.29, 0.717) is 24.2 Å². The number of halogens is 1. The number of rotatable bonds is 5. The fourth-order valence-electron chi connectivity index (χ4n) is 3.37. The average Bonchev–Trinajstić information content (AvgIpc) is 3.07. The van der Waals surface area contributed by atoms with Crippen LogP contribution in [-0.4, -0.2) is 34.3 Å². The lowest BCUT2D eigenvalue weighted by atomic mass is 9.92. The number of benzene rings is 1. The van der Waals surface area contributed by atoms with Crippen LogP contribution in [0.5, 0.6) is 0 Å². The number of nitrogens with one attached hydrogen (secondary N) is 3. The standard InChI is InChI=1S/C20H26FN5O2/c1-12-9-23-26(11-12)18-6-4-15(8-17(18)21)13(2)25-20(28)22-10-16-5-7-19(27)24-14(16)3/h4,6,8-9,11,13-14,16H,5,7,10H2,1-3H3,(H,24,27)(H2,22,25,28). The monoisotopic (exact) mass is 387 g/mol. The Labute approximate surface area is 163 Å². The molecule has 0 aliphatic carbocycles. The molecule has 28 heavy (non-hydrogen) atoms. The highest BCUT2D eigenvalue weighted by Gasteiger charge is 2.25. The van der Waals surface area contributed by atoms with Crippen molar-refractivity contribution in [1.82, 2.24) is 25.7 Å². The third kappa shape index (κ3) is 4.68. The summed E-state index contributed by atoms with van der Waals surface area (Å²) in [5.74, 6) is -0.146. The quantitative estimate of drug-likeness (QED) is 0.737. The zero-order valence-corrected chi connectivity index (χ0v) is 16.3. The molecule has 3 unspecified atom stereocenters. The zero-order valence-electron chi connectivity index (χ0n) is 16.3. The van der Waals surface area contributed by atoms with Gasteiger partial charge in [-0.2, -0.15) is 5.10 Å². The summed E-state index contributed by atoms with van der Waals surface area (Å²) in [6.45, 7) is 6.11. The molecule has 1 aliphatic heterocycles. The smallest absolute Gasteiger partial charge is 0.315 e. The predicted octanol–water partition coefficient (Wildman–Crippen LogP) is 2.59. The maximum atomic E-state index is 14.5. The SMILES string of the molecule is Cc1cnn(-c2ccc(C(C)NC(=O)NCC3CCC(=O)NC3C)cc2F)c1. The first-order valence-electron chi connectivity index (χ1n) is 9.48. The lowest BCUT2D eigenvalue weighted by Crippen LogP contribution is -2.48. The molecule has 1 aliphatic rings. The number of piperidine rings is 1. The Bertz CT molecular complexity index is 866. The second-order valence-corrected chi connectivity index (χ2v) is 7.40. The Kier molecular flexibility index (Phi) is 5.96.